The molecule has 3 nitrogen and oxygen atoms in total. The van der Waals surface area contributed by atoms with E-state index in [9.17, 15) is 17.6 Å². The van der Waals surface area contributed by atoms with Gasteiger partial charge in [-0.15, -0.1) is 0 Å². The van der Waals surface area contributed by atoms with Gasteiger partial charge >= 0.3 is 0 Å². The molecule has 0 atom stereocenters. The lowest BCUT2D eigenvalue weighted by Gasteiger charge is -2.17. The van der Waals surface area contributed by atoms with Crippen LogP contribution in [0.15, 0.2) is 36.4 Å². The standard InChI is InChI=1S/C17H17F4NO2/c1-22(2-4-23-16-8-12(18)6-13(19)9-16)3-5-24-17-10-14(20)7-15(21)11-17/h6-11H,2-5H2,1H3. The van der Waals surface area contributed by atoms with Crippen LogP contribution in [0, 0.1) is 23.3 Å². The van der Waals surface area contributed by atoms with E-state index >= 15 is 0 Å². The monoisotopic (exact) mass is 343 g/mol. The van der Waals surface area contributed by atoms with Gasteiger partial charge in [0.2, 0.25) is 0 Å². The predicted molar refractivity (Wildman–Crippen MR) is 81.2 cm³/mol. The number of nitrogens with zero attached hydrogens (tertiary/aromatic N) is 1. The van der Waals surface area contributed by atoms with Crippen LogP contribution in [-0.4, -0.2) is 38.3 Å². The van der Waals surface area contributed by atoms with Crippen molar-refractivity contribution in [3.63, 3.8) is 0 Å². The molecular weight excluding hydrogens is 326 g/mol. The molecule has 0 aliphatic heterocycles. The third kappa shape index (κ3) is 6.08. The molecule has 0 amide bonds. The van der Waals surface area contributed by atoms with Crippen LogP contribution in [0.3, 0.4) is 0 Å². The Morgan fingerprint density at radius 3 is 1.33 bits per heavy atom. The van der Waals surface area contributed by atoms with E-state index in [0.29, 0.717) is 13.1 Å². The zero-order chi connectivity index (χ0) is 17.5. The average Bonchev–Trinajstić information content (AvgIpc) is 2.45. The molecular formula is C17H17F4NO2. The summed E-state index contributed by atoms with van der Waals surface area (Å²) in [5.74, 6) is -2.56. The fraction of sp³-hybridized carbons (Fsp3) is 0.294. The van der Waals surface area contributed by atoms with Crippen LogP contribution in [0.4, 0.5) is 17.6 Å². The first-order chi connectivity index (χ1) is 11.4. The predicted octanol–water partition coefficient (Wildman–Crippen LogP) is 3.63. The van der Waals surface area contributed by atoms with E-state index in [0.717, 1.165) is 36.4 Å². The molecule has 0 aliphatic rings. The van der Waals surface area contributed by atoms with Gasteiger partial charge in [-0.1, -0.05) is 0 Å². The van der Waals surface area contributed by atoms with Crippen molar-refractivity contribution in [3.05, 3.63) is 59.7 Å². The second-order valence-electron chi connectivity index (χ2n) is 5.21. The summed E-state index contributed by atoms with van der Waals surface area (Å²) in [6.07, 6.45) is 0. The van der Waals surface area contributed by atoms with Gasteiger partial charge in [0.1, 0.15) is 48.0 Å². The molecule has 0 aromatic heterocycles. The first kappa shape index (κ1) is 18.1. The Kier molecular flexibility index (Phi) is 6.43. The topological polar surface area (TPSA) is 21.7 Å². The molecule has 0 spiro atoms. The number of halogens is 4. The van der Waals surface area contributed by atoms with Gasteiger partial charge in [0.05, 0.1) is 0 Å². The van der Waals surface area contributed by atoms with Crippen molar-refractivity contribution in [3.8, 4) is 11.5 Å². The minimum Gasteiger partial charge on any atom is -0.492 e. The smallest absolute Gasteiger partial charge is 0.129 e. The number of benzene rings is 2. The molecule has 7 heteroatoms. The van der Waals surface area contributed by atoms with Gasteiger partial charge in [0, 0.05) is 49.5 Å². The Morgan fingerprint density at radius 1 is 0.667 bits per heavy atom. The van der Waals surface area contributed by atoms with Crippen molar-refractivity contribution < 1.29 is 27.0 Å². The Balaban J connectivity index is 1.68. The first-order valence-electron chi connectivity index (χ1n) is 7.29. The summed E-state index contributed by atoms with van der Waals surface area (Å²) in [5, 5.41) is 0. The minimum atomic E-state index is -0.700. The lowest BCUT2D eigenvalue weighted by molar-refractivity contribution is 0.201. The highest BCUT2D eigenvalue weighted by atomic mass is 19.1. The largest absolute Gasteiger partial charge is 0.492 e. The average molecular weight is 343 g/mol. The third-order valence-electron chi connectivity index (χ3n) is 3.16. The van der Waals surface area contributed by atoms with Gasteiger partial charge in [0.25, 0.3) is 0 Å². The maximum atomic E-state index is 13.0. The van der Waals surface area contributed by atoms with E-state index in [1.807, 2.05) is 4.90 Å². The van der Waals surface area contributed by atoms with E-state index in [2.05, 4.69) is 0 Å². The molecule has 2 rings (SSSR count). The Morgan fingerprint density at radius 2 is 1.00 bits per heavy atom. The van der Waals surface area contributed by atoms with Crippen LogP contribution in [0.5, 0.6) is 11.5 Å². The van der Waals surface area contributed by atoms with Crippen molar-refractivity contribution in [2.24, 2.45) is 0 Å². The van der Waals surface area contributed by atoms with Crippen molar-refractivity contribution in [1.29, 1.82) is 0 Å². The molecule has 130 valence electrons. The van der Waals surface area contributed by atoms with E-state index in [4.69, 9.17) is 9.47 Å². The normalized spacial score (nSPS) is 10.9. The van der Waals surface area contributed by atoms with Gasteiger partial charge < -0.3 is 9.47 Å². The summed E-state index contributed by atoms with van der Waals surface area (Å²) in [7, 11) is 1.80. The number of ether oxygens (including phenoxy) is 2. The second kappa shape index (κ2) is 8.54. The van der Waals surface area contributed by atoms with Crippen molar-refractivity contribution in [2.75, 3.05) is 33.4 Å². The second-order valence-corrected chi connectivity index (χ2v) is 5.21. The van der Waals surface area contributed by atoms with Crippen LogP contribution in [0.1, 0.15) is 0 Å². The highest BCUT2D eigenvalue weighted by Gasteiger charge is 2.05. The molecule has 0 saturated carbocycles. The molecule has 0 N–H and O–H groups in total. The number of likely N-dealkylation sites (N-methyl/N-ethyl adjacent to an activating group) is 1. The van der Waals surface area contributed by atoms with Crippen LogP contribution >= 0.6 is 0 Å². The Bertz CT molecular complexity index is 584. The Labute approximate surface area is 137 Å². The molecule has 2 aromatic carbocycles. The molecule has 2 aromatic rings. The fourth-order valence-corrected chi connectivity index (χ4v) is 1.97. The van der Waals surface area contributed by atoms with Crippen molar-refractivity contribution in [2.45, 2.75) is 0 Å². The maximum absolute atomic E-state index is 13.0. The first-order valence-corrected chi connectivity index (χ1v) is 7.29. The molecule has 0 bridgehead atoms. The van der Waals surface area contributed by atoms with Crippen LogP contribution in [0.2, 0.25) is 0 Å². The van der Waals surface area contributed by atoms with Crippen LogP contribution in [-0.2, 0) is 0 Å². The summed E-state index contributed by atoms with van der Waals surface area (Å²) >= 11 is 0. The quantitative estimate of drug-likeness (QED) is 0.683. The fourth-order valence-electron chi connectivity index (χ4n) is 1.97. The van der Waals surface area contributed by atoms with Crippen molar-refractivity contribution in [1.82, 2.24) is 4.90 Å². The maximum Gasteiger partial charge on any atom is 0.129 e. The molecule has 0 aliphatic carbocycles. The van der Waals surface area contributed by atoms with E-state index in [1.165, 1.54) is 0 Å². The van der Waals surface area contributed by atoms with Gasteiger partial charge in [0.15, 0.2) is 0 Å². The molecule has 0 fully saturated rings. The highest BCUT2D eigenvalue weighted by Crippen LogP contribution is 2.16. The molecule has 24 heavy (non-hydrogen) atoms. The lowest BCUT2D eigenvalue weighted by atomic mass is 10.3. The number of hydrogen-bond acceptors (Lipinski definition) is 3. The minimum absolute atomic E-state index is 0.118. The van der Waals surface area contributed by atoms with Gasteiger partial charge in [-0.25, -0.2) is 17.6 Å². The van der Waals surface area contributed by atoms with E-state index < -0.39 is 23.3 Å². The van der Waals surface area contributed by atoms with Crippen LogP contribution in [0.25, 0.3) is 0 Å². The highest BCUT2D eigenvalue weighted by molar-refractivity contribution is 5.24. The summed E-state index contributed by atoms with van der Waals surface area (Å²) in [5.41, 5.74) is 0. The number of rotatable bonds is 8. The zero-order valence-electron chi connectivity index (χ0n) is 13.1. The SMILES string of the molecule is CN(CCOc1cc(F)cc(F)c1)CCOc1cc(F)cc(F)c1. The van der Waals surface area contributed by atoms with E-state index in [-0.39, 0.29) is 24.7 Å². The van der Waals surface area contributed by atoms with Gasteiger partial charge in [-0.3, -0.25) is 4.90 Å². The van der Waals surface area contributed by atoms with Crippen molar-refractivity contribution >= 4 is 0 Å². The zero-order valence-corrected chi connectivity index (χ0v) is 13.1. The summed E-state index contributed by atoms with van der Waals surface area (Å²) < 4.78 is 62.5. The number of hydrogen-bond donors (Lipinski definition) is 0. The molecule has 0 radical (unpaired) electrons. The molecule has 0 heterocycles. The summed E-state index contributed by atoms with van der Waals surface area (Å²) in [6, 6.07) is 5.95. The van der Waals surface area contributed by atoms with E-state index in [1.54, 1.807) is 7.05 Å². The lowest BCUT2D eigenvalue weighted by Crippen LogP contribution is -2.28. The Hall–Kier alpha value is -2.28. The summed E-state index contributed by atoms with van der Waals surface area (Å²) in [4.78, 5) is 1.85. The third-order valence-corrected chi connectivity index (χ3v) is 3.16. The van der Waals surface area contributed by atoms with Gasteiger partial charge in [-0.2, -0.15) is 0 Å². The molecule has 0 saturated heterocycles. The summed E-state index contributed by atoms with van der Waals surface area (Å²) in [6.45, 7) is 1.43. The van der Waals surface area contributed by atoms with Gasteiger partial charge in [-0.05, 0) is 7.05 Å². The molecule has 0 unspecified atom stereocenters. The van der Waals surface area contributed by atoms with Crippen LogP contribution < -0.4 is 9.47 Å².